The first-order valence-electron chi connectivity index (χ1n) is 6.67. The van der Waals surface area contributed by atoms with E-state index in [1.165, 1.54) is 0 Å². The lowest BCUT2D eigenvalue weighted by Crippen LogP contribution is -2.04. The molecule has 4 nitrogen and oxygen atoms in total. The fraction of sp³-hybridized carbons (Fsp3) is 0.118. The summed E-state index contributed by atoms with van der Waals surface area (Å²) in [6.07, 6.45) is 0.678. The lowest BCUT2D eigenvalue weighted by Gasteiger charge is -2.07. The lowest BCUT2D eigenvalue weighted by atomic mass is 10.1. The number of fused-ring (bicyclic) bond motifs is 1. The molecular formula is C17H14N2O2. The molecule has 0 saturated heterocycles. The first-order chi connectivity index (χ1) is 10.3. The summed E-state index contributed by atoms with van der Waals surface area (Å²) >= 11 is 0. The number of nitrogen functional groups attached to an aromatic ring is 1. The minimum absolute atomic E-state index is 0.206. The predicted octanol–water partition coefficient (Wildman–Crippen LogP) is 3.51. The van der Waals surface area contributed by atoms with E-state index in [1.807, 2.05) is 54.6 Å². The third-order valence-corrected chi connectivity index (χ3v) is 3.32. The number of nitrogens with two attached hydrogens (primary N) is 1. The van der Waals surface area contributed by atoms with Crippen LogP contribution in [0.4, 0.5) is 5.69 Å². The van der Waals surface area contributed by atoms with Crippen LogP contribution in [0.1, 0.15) is 11.3 Å². The Bertz CT molecular complexity index is 815. The van der Waals surface area contributed by atoms with Crippen LogP contribution in [0, 0.1) is 11.3 Å². The highest BCUT2D eigenvalue weighted by Crippen LogP contribution is 2.32. The van der Waals surface area contributed by atoms with Crippen LogP contribution in [0.15, 0.2) is 52.9 Å². The molecule has 1 heterocycles. The van der Waals surface area contributed by atoms with E-state index in [2.05, 4.69) is 0 Å². The molecule has 104 valence electrons. The quantitative estimate of drug-likeness (QED) is 0.741. The fourth-order valence-electron chi connectivity index (χ4n) is 2.26. The van der Waals surface area contributed by atoms with Crippen LogP contribution in [-0.4, -0.2) is 6.61 Å². The van der Waals surface area contributed by atoms with E-state index < -0.39 is 0 Å². The fourth-order valence-corrected chi connectivity index (χ4v) is 2.26. The third kappa shape index (κ3) is 2.54. The number of hydrogen-bond acceptors (Lipinski definition) is 4. The van der Waals surface area contributed by atoms with Gasteiger partial charge in [-0.15, -0.1) is 0 Å². The number of nitrogens with zero attached hydrogens (tertiary/aromatic N) is 1. The Morgan fingerprint density at radius 3 is 2.67 bits per heavy atom. The molecule has 0 radical (unpaired) electrons. The molecule has 0 spiro atoms. The van der Waals surface area contributed by atoms with Gasteiger partial charge < -0.3 is 14.9 Å². The topological polar surface area (TPSA) is 72.2 Å². The van der Waals surface area contributed by atoms with E-state index in [1.54, 1.807) is 0 Å². The van der Waals surface area contributed by atoms with Gasteiger partial charge in [0.05, 0.1) is 12.0 Å². The van der Waals surface area contributed by atoms with E-state index >= 15 is 0 Å². The van der Waals surface area contributed by atoms with Crippen LogP contribution >= 0.6 is 0 Å². The SMILES string of the molecule is N#Cc1oc2ccccc2c1OCCc1ccccc1N. The van der Waals surface area contributed by atoms with Crippen LogP contribution in [0.2, 0.25) is 0 Å². The predicted molar refractivity (Wildman–Crippen MR) is 81.0 cm³/mol. The maximum atomic E-state index is 9.14. The number of benzene rings is 2. The maximum Gasteiger partial charge on any atom is 0.246 e. The van der Waals surface area contributed by atoms with Crippen LogP contribution in [-0.2, 0) is 6.42 Å². The van der Waals surface area contributed by atoms with Crippen molar-refractivity contribution in [2.24, 2.45) is 0 Å². The average Bonchev–Trinajstić information content (AvgIpc) is 2.87. The lowest BCUT2D eigenvalue weighted by molar-refractivity contribution is 0.319. The highest BCUT2D eigenvalue weighted by Gasteiger charge is 2.14. The van der Waals surface area contributed by atoms with Crippen molar-refractivity contribution < 1.29 is 9.15 Å². The van der Waals surface area contributed by atoms with Crippen LogP contribution in [0.5, 0.6) is 5.75 Å². The minimum Gasteiger partial charge on any atom is -0.488 e. The van der Waals surface area contributed by atoms with Crippen molar-refractivity contribution in [2.45, 2.75) is 6.42 Å². The van der Waals surface area contributed by atoms with Crippen LogP contribution < -0.4 is 10.5 Å². The second-order valence-electron chi connectivity index (χ2n) is 4.67. The summed E-state index contributed by atoms with van der Waals surface area (Å²) in [5, 5.41) is 9.95. The summed E-state index contributed by atoms with van der Waals surface area (Å²) in [7, 11) is 0. The molecule has 2 N–H and O–H groups in total. The Morgan fingerprint density at radius 2 is 1.86 bits per heavy atom. The Kier molecular flexibility index (Phi) is 3.48. The number of furan rings is 1. The summed E-state index contributed by atoms with van der Waals surface area (Å²) in [6, 6.07) is 17.2. The zero-order valence-electron chi connectivity index (χ0n) is 11.4. The minimum atomic E-state index is 0.206. The molecule has 0 fully saturated rings. The maximum absolute atomic E-state index is 9.14. The van der Waals surface area contributed by atoms with E-state index in [9.17, 15) is 0 Å². The number of anilines is 1. The van der Waals surface area contributed by atoms with E-state index in [4.69, 9.17) is 20.1 Å². The Balaban J connectivity index is 1.79. The van der Waals surface area contributed by atoms with Gasteiger partial charge >= 0.3 is 0 Å². The highest BCUT2D eigenvalue weighted by molar-refractivity contribution is 5.86. The molecule has 0 atom stereocenters. The van der Waals surface area contributed by atoms with Crippen LogP contribution in [0.3, 0.4) is 0 Å². The smallest absolute Gasteiger partial charge is 0.246 e. The number of hydrogen-bond donors (Lipinski definition) is 1. The van der Waals surface area contributed by atoms with Gasteiger partial charge in [-0.25, -0.2) is 0 Å². The van der Waals surface area contributed by atoms with Crippen molar-refractivity contribution in [3.63, 3.8) is 0 Å². The first-order valence-corrected chi connectivity index (χ1v) is 6.67. The highest BCUT2D eigenvalue weighted by atomic mass is 16.5. The van der Waals surface area contributed by atoms with E-state index in [0.717, 1.165) is 16.6 Å². The molecule has 0 unspecified atom stereocenters. The Morgan fingerprint density at radius 1 is 1.10 bits per heavy atom. The van der Waals surface area contributed by atoms with E-state index in [0.29, 0.717) is 24.4 Å². The summed E-state index contributed by atoms with van der Waals surface area (Å²) in [5.74, 6) is 0.708. The third-order valence-electron chi connectivity index (χ3n) is 3.32. The molecule has 0 aliphatic rings. The molecule has 3 rings (SSSR count). The summed E-state index contributed by atoms with van der Waals surface area (Å²) in [5.41, 5.74) is 8.34. The van der Waals surface area contributed by atoms with E-state index in [-0.39, 0.29) is 5.76 Å². The monoisotopic (exact) mass is 278 g/mol. The second kappa shape index (κ2) is 5.59. The molecule has 4 heteroatoms. The molecule has 0 amide bonds. The molecule has 1 aromatic heterocycles. The molecule has 2 aromatic carbocycles. The van der Waals surface area contributed by atoms with Crippen molar-refractivity contribution in [1.29, 1.82) is 5.26 Å². The number of para-hydroxylation sites is 2. The normalized spacial score (nSPS) is 10.4. The summed E-state index contributed by atoms with van der Waals surface area (Å²) in [6.45, 7) is 0.437. The molecule has 0 saturated carbocycles. The molecular weight excluding hydrogens is 264 g/mol. The average molecular weight is 278 g/mol. The van der Waals surface area contributed by atoms with Gasteiger partial charge in [-0.3, -0.25) is 0 Å². The molecule has 21 heavy (non-hydrogen) atoms. The van der Waals surface area contributed by atoms with Crippen LogP contribution in [0.25, 0.3) is 11.0 Å². The van der Waals surface area contributed by atoms with Gasteiger partial charge in [0.15, 0.2) is 5.75 Å². The zero-order chi connectivity index (χ0) is 14.7. The zero-order valence-corrected chi connectivity index (χ0v) is 11.4. The Labute approximate surface area is 122 Å². The number of nitriles is 1. The number of rotatable bonds is 4. The van der Waals surface area contributed by atoms with Crippen molar-refractivity contribution >= 4 is 16.7 Å². The van der Waals surface area contributed by atoms with Gasteiger partial charge in [0.1, 0.15) is 11.7 Å². The summed E-state index contributed by atoms with van der Waals surface area (Å²) < 4.78 is 11.2. The van der Waals surface area contributed by atoms with Gasteiger partial charge in [0.25, 0.3) is 0 Å². The van der Waals surface area contributed by atoms with Crippen molar-refractivity contribution in [3.05, 3.63) is 59.9 Å². The van der Waals surface area contributed by atoms with Gasteiger partial charge in [-0.05, 0) is 23.8 Å². The van der Waals surface area contributed by atoms with Crippen molar-refractivity contribution in [1.82, 2.24) is 0 Å². The van der Waals surface area contributed by atoms with Gasteiger partial charge in [-0.2, -0.15) is 5.26 Å². The van der Waals surface area contributed by atoms with Crippen molar-refractivity contribution in [2.75, 3.05) is 12.3 Å². The van der Waals surface area contributed by atoms with Gasteiger partial charge in [-0.1, -0.05) is 30.3 Å². The molecule has 0 bridgehead atoms. The Hall–Kier alpha value is -2.93. The first kappa shape index (κ1) is 13.1. The van der Waals surface area contributed by atoms with Gasteiger partial charge in [0, 0.05) is 12.1 Å². The molecule has 3 aromatic rings. The largest absolute Gasteiger partial charge is 0.488 e. The van der Waals surface area contributed by atoms with Gasteiger partial charge in [0.2, 0.25) is 5.76 Å². The van der Waals surface area contributed by atoms with Crippen molar-refractivity contribution in [3.8, 4) is 11.8 Å². The summed E-state index contributed by atoms with van der Waals surface area (Å²) in [4.78, 5) is 0. The second-order valence-corrected chi connectivity index (χ2v) is 4.67. The number of ether oxygens (including phenoxy) is 1. The standard InChI is InChI=1S/C17H14N2O2/c18-11-16-17(13-6-2-4-8-15(13)21-16)20-10-9-12-5-1-3-7-14(12)19/h1-8H,9-10,19H2. The molecule has 0 aliphatic heterocycles. The molecule has 0 aliphatic carbocycles.